The van der Waals surface area contributed by atoms with Crippen LogP contribution in [0.15, 0.2) is 55.1 Å². The molecule has 1 aromatic rings. The molecule has 0 fully saturated rings. The molecule has 0 heterocycles. The SMILES string of the molecule is C=C(C)c1ccc(C2(CC(C)=O)C=CC=CC2(C)O)cc1. The minimum atomic E-state index is -1.10. The zero-order valence-electron chi connectivity index (χ0n) is 12.9. The first-order valence-corrected chi connectivity index (χ1v) is 7.14. The fourth-order valence-corrected chi connectivity index (χ4v) is 2.95. The molecule has 1 aliphatic rings. The molecular formula is C19H22O2. The van der Waals surface area contributed by atoms with Crippen LogP contribution in [0, 0.1) is 0 Å². The molecule has 0 saturated heterocycles. The summed E-state index contributed by atoms with van der Waals surface area (Å²) >= 11 is 0. The van der Waals surface area contributed by atoms with Crippen LogP contribution in [-0.4, -0.2) is 16.5 Å². The van der Waals surface area contributed by atoms with Crippen LogP contribution in [0.25, 0.3) is 5.57 Å². The first-order chi connectivity index (χ1) is 9.78. The van der Waals surface area contributed by atoms with E-state index >= 15 is 0 Å². The number of ketones is 1. The molecular weight excluding hydrogens is 260 g/mol. The number of rotatable bonds is 4. The third kappa shape index (κ3) is 2.77. The van der Waals surface area contributed by atoms with E-state index in [1.807, 2.05) is 49.4 Å². The van der Waals surface area contributed by atoms with Gasteiger partial charge < -0.3 is 5.11 Å². The van der Waals surface area contributed by atoms with Crippen LogP contribution >= 0.6 is 0 Å². The second-order valence-electron chi connectivity index (χ2n) is 6.07. The Hall–Kier alpha value is -1.93. The number of hydrogen-bond donors (Lipinski definition) is 1. The number of carbonyl (C=O) groups excluding carboxylic acids is 1. The minimum absolute atomic E-state index is 0.0548. The second-order valence-corrected chi connectivity index (χ2v) is 6.07. The quantitative estimate of drug-likeness (QED) is 0.911. The van der Waals surface area contributed by atoms with Crippen LogP contribution < -0.4 is 0 Å². The zero-order valence-corrected chi connectivity index (χ0v) is 12.9. The first-order valence-electron chi connectivity index (χ1n) is 7.14. The highest BCUT2D eigenvalue weighted by Gasteiger charge is 2.46. The number of carbonyl (C=O) groups is 1. The normalized spacial score (nSPS) is 27.6. The van der Waals surface area contributed by atoms with Crippen molar-refractivity contribution < 1.29 is 9.90 Å². The molecule has 2 rings (SSSR count). The maximum absolute atomic E-state index is 11.8. The smallest absolute Gasteiger partial charge is 0.131 e. The molecule has 2 atom stereocenters. The van der Waals surface area contributed by atoms with E-state index in [1.54, 1.807) is 19.9 Å². The molecule has 1 N–H and O–H groups in total. The Bertz CT molecular complexity index is 617. The number of allylic oxidation sites excluding steroid dienone is 3. The number of benzene rings is 1. The van der Waals surface area contributed by atoms with Gasteiger partial charge in [-0.1, -0.05) is 60.7 Å². The first kappa shape index (κ1) is 15.5. The van der Waals surface area contributed by atoms with Crippen LogP contribution in [-0.2, 0) is 10.2 Å². The summed E-state index contributed by atoms with van der Waals surface area (Å²) in [6.07, 6.45) is 7.67. The van der Waals surface area contributed by atoms with Gasteiger partial charge in [0, 0.05) is 6.42 Å². The van der Waals surface area contributed by atoms with Crippen molar-refractivity contribution in [2.75, 3.05) is 0 Å². The van der Waals surface area contributed by atoms with Crippen LogP contribution in [0.2, 0.25) is 0 Å². The van der Waals surface area contributed by atoms with Gasteiger partial charge in [0.1, 0.15) is 5.78 Å². The van der Waals surface area contributed by atoms with Crippen molar-refractivity contribution in [2.24, 2.45) is 0 Å². The van der Waals surface area contributed by atoms with Gasteiger partial charge in [0.15, 0.2) is 0 Å². The van der Waals surface area contributed by atoms with Gasteiger partial charge in [-0.2, -0.15) is 0 Å². The lowest BCUT2D eigenvalue weighted by Gasteiger charge is -2.43. The van der Waals surface area contributed by atoms with Crippen molar-refractivity contribution in [3.8, 4) is 0 Å². The fraction of sp³-hybridized carbons (Fsp3) is 0.316. The molecule has 0 bridgehead atoms. The van der Waals surface area contributed by atoms with Crippen LogP contribution in [0.1, 0.15) is 38.3 Å². The molecule has 110 valence electrons. The average Bonchev–Trinajstić information content (AvgIpc) is 2.41. The second kappa shape index (κ2) is 5.45. The zero-order chi connectivity index (χ0) is 15.7. The van der Waals surface area contributed by atoms with E-state index in [1.165, 1.54) is 0 Å². The molecule has 1 aliphatic carbocycles. The molecule has 21 heavy (non-hydrogen) atoms. The predicted molar refractivity (Wildman–Crippen MR) is 87.0 cm³/mol. The van der Waals surface area contributed by atoms with E-state index in [2.05, 4.69) is 6.58 Å². The van der Waals surface area contributed by atoms with Gasteiger partial charge in [-0.15, -0.1) is 0 Å². The molecule has 0 saturated carbocycles. The molecule has 0 spiro atoms. The Morgan fingerprint density at radius 1 is 1.14 bits per heavy atom. The van der Waals surface area contributed by atoms with Crippen molar-refractivity contribution in [3.05, 3.63) is 66.3 Å². The van der Waals surface area contributed by atoms with Gasteiger partial charge in [-0.05, 0) is 31.9 Å². The van der Waals surface area contributed by atoms with Crippen molar-refractivity contribution >= 4 is 11.4 Å². The van der Waals surface area contributed by atoms with E-state index in [0.29, 0.717) is 0 Å². The highest BCUT2D eigenvalue weighted by molar-refractivity contribution is 5.78. The maximum atomic E-state index is 11.8. The Balaban J connectivity index is 2.55. The van der Waals surface area contributed by atoms with Crippen molar-refractivity contribution in [3.63, 3.8) is 0 Å². The number of aliphatic hydroxyl groups is 1. The van der Waals surface area contributed by atoms with Gasteiger partial charge in [0.2, 0.25) is 0 Å². The van der Waals surface area contributed by atoms with Crippen LogP contribution in [0.5, 0.6) is 0 Å². The van der Waals surface area contributed by atoms with E-state index in [4.69, 9.17) is 0 Å². The highest BCUT2D eigenvalue weighted by Crippen LogP contribution is 2.43. The third-order valence-corrected chi connectivity index (χ3v) is 4.24. The van der Waals surface area contributed by atoms with E-state index in [-0.39, 0.29) is 12.2 Å². The Morgan fingerprint density at radius 2 is 1.71 bits per heavy atom. The van der Waals surface area contributed by atoms with Crippen molar-refractivity contribution in [2.45, 2.75) is 38.2 Å². The Labute approximate surface area is 126 Å². The highest BCUT2D eigenvalue weighted by atomic mass is 16.3. The van der Waals surface area contributed by atoms with Crippen molar-refractivity contribution in [1.29, 1.82) is 0 Å². The predicted octanol–water partition coefficient (Wildman–Crippen LogP) is 3.81. The third-order valence-electron chi connectivity index (χ3n) is 4.24. The summed E-state index contributed by atoms with van der Waals surface area (Å²) in [5.74, 6) is 0.0548. The lowest BCUT2D eigenvalue weighted by molar-refractivity contribution is -0.119. The molecule has 0 amide bonds. The Kier molecular flexibility index (Phi) is 4.02. The minimum Gasteiger partial charge on any atom is -0.385 e. The summed E-state index contributed by atoms with van der Waals surface area (Å²) in [7, 11) is 0. The van der Waals surface area contributed by atoms with E-state index < -0.39 is 11.0 Å². The number of hydrogen-bond acceptors (Lipinski definition) is 2. The lowest BCUT2D eigenvalue weighted by atomic mass is 9.63. The summed E-state index contributed by atoms with van der Waals surface area (Å²) in [6, 6.07) is 7.93. The summed E-state index contributed by atoms with van der Waals surface area (Å²) in [5, 5.41) is 10.9. The molecule has 0 radical (unpaired) electrons. The maximum Gasteiger partial charge on any atom is 0.131 e. The largest absolute Gasteiger partial charge is 0.385 e. The van der Waals surface area contributed by atoms with Gasteiger partial charge in [-0.25, -0.2) is 0 Å². The molecule has 2 nitrogen and oxygen atoms in total. The van der Waals surface area contributed by atoms with Crippen molar-refractivity contribution in [1.82, 2.24) is 0 Å². The van der Waals surface area contributed by atoms with Crippen LogP contribution in [0.4, 0.5) is 0 Å². The van der Waals surface area contributed by atoms with E-state index in [0.717, 1.165) is 16.7 Å². The monoisotopic (exact) mass is 282 g/mol. The lowest BCUT2D eigenvalue weighted by Crippen LogP contribution is -2.49. The molecule has 0 aromatic heterocycles. The van der Waals surface area contributed by atoms with Gasteiger partial charge in [-0.3, -0.25) is 4.79 Å². The summed E-state index contributed by atoms with van der Waals surface area (Å²) in [5.41, 5.74) is 1.17. The molecule has 0 aliphatic heterocycles. The van der Waals surface area contributed by atoms with E-state index in [9.17, 15) is 9.90 Å². The summed E-state index contributed by atoms with van der Waals surface area (Å²) < 4.78 is 0. The van der Waals surface area contributed by atoms with Gasteiger partial charge >= 0.3 is 0 Å². The Morgan fingerprint density at radius 3 is 2.19 bits per heavy atom. The standard InChI is InChI=1S/C19H22O2/c1-14(2)16-7-9-17(10-8-16)19(13-15(3)20)12-6-5-11-18(19,4)21/h5-12,21H,1,13H2,2-4H3. The topological polar surface area (TPSA) is 37.3 Å². The summed E-state index contributed by atoms with van der Waals surface area (Å²) in [6.45, 7) is 9.21. The molecule has 2 unspecified atom stereocenters. The molecule has 1 aromatic carbocycles. The number of Topliss-reactive ketones (excluding diaryl/α,β-unsaturated/α-hetero) is 1. The molecule has 2 heteroatoms. The van der Waals surface area contributed by atoms with Crippen LogP contribution in [0.3, 0.4) is 0 Å². The van der Waals surface area contributed by atoms with Gasteiger partial charge in [0.25, 0.3) is 0 Å². The summed E-state index contributed by atoms with van der Waals surface area (Å²) in [4.78, 5) is 11.8. The van der Waals surface area contributed by atoms with Gasteiger partial charge in [0.05, 0.1) is 11.0 Å². The fourth-order valence-electron chi connectivity index (χ4n) is 2.95. The average molecular weight is 282 g/mol.